The van der Waals surface area contributed by atoms with Crippen molar-refractivity contribution < 1.29 is 19.5 Å². The normalized spacial score (nSPS) is 20.9. The quantitative estimate of drug-likeness (QED) is 0.667. The second-order valence-electron chi connectivity index (χ2n) is 8.55. The highest BCUT2D eigenvalue weighted by Gasteiger charge is 2.39. The van der Waals surface area contributed by atoms with Gasteiger partial charge in [-0.1, -0.05) is 23.2 Å². The van der Waals surface area contributed by atoms with Crippen LogP contribution in [0.5, 0.6) is 0 Å². The van der Waals surface area contributed by atoms with Crippen molar-refractivity contribution in [3.8, 4) is 0 Å². The lowest BCUT2D eigenvalue weighted by Gasteiger charge is -2.38. The number of amides is 3. The van der Waals surface area contributed by atoms with Crippen molar-refractivity contribution in [2.24, 2.45) is 0 Å². The van der Waals surface area contributed by atoms with Crippen molar-refractivity contribution >= 4 is 46.6 Å². The minimum atomic E-state index is -0.709. The number of piperazine rings is 1. The molecule has 0 aromatic heterocycles. The Morgan fingerprint density at radius 2 is 1.53 bits per heavy atom. The number of aliphatic hydroxyl groups is 1. The van der Waals surface area contributed by atoms with Crippen molar-refractivity contribution in [3.63, 3.8) is 0 Å². The van der Waals surface area contributed by atoms with E-state index >= 15 is 0 Å². The summed E-state index contributed by atoms with van der Waals surface area (Å²) in [7, 11) is 0. The van der Waals surface area contributed by atoms with Gasteiger partial charge in [-0.25, -0.2) is 0 Å². The summed E-state index contributed by atoms with van der Waals surface area (Å²) in [5, 5.41) is 14.4. The van der Waals surface area contributed by atoms with E-state index in [1.54, 1.807) is 46.2 Å². The molecule has 0 radical (unpaired) electrons. The number of carbonyl (C=O) groups is 3. The van der Waals surface area contributed by atoms with E-state index in [1.165, 1.54) is 13.0 Å². The fourth-order valence-electron chi connectivity index (χ4n) is 4.49. The zero-order chi connectivity index (χ0) is 24.4. The second-order valence-corrected chi connectivity index (χ2v) is 9.42. The Bertz CT molecular complexity index is 1090. The number of nitrogens with one attached hydrogen (secondary N) is 1. The number of rotatable bonds is 4. The number of aliphatic hydroxyl groups excluding tert-OH is 1. The maximum atomic E-state index is 13.2. The minimum Gasteiger partial charge on any atom is -0.390 e. The van der Waals surface area contributed by atoms with Gasteiger partial charge >= 0.3 is 0 Å². The van der Waals surface area contributed by atoms with Crippen molar-refractivity contribution in [3.05, 3.63) is 63.6 Å². The summed E-state index contributed by atoms with van der Waals surface area (Å²) in [5.74, 6) is -0.631. The fourth-order valence-corrected chi connectivity index (χ4v) is 4.79. The lowest BCUT2D eigenvalue weighted by atomic mass is 10.1. The molecule has 10 heteroatoms. The van der Waals surface area contributed by atoms with Gasteiger partial charge in [0, 0.05) is 61.8 Å². The van der Waals surface area contributed by atoms with Gasteiger partial charge in [-0.15, -0.1) is 0 Å². The molecule has 3 amide bonds. The molecule has 34 heavy (non-hydrogen) atoms. The first-order chi connectivity index (χ1) is 16.2. The molecule has 8 nitrogen and oxygen atoms in total. The number of carbonyl (C=O) groups excluding carboxylic acids is 3. The zero-order valence-electron chi connectivity index (χ0n) is 18.7. The third-order valence-corrected chi connectivity index (χ3v) is 6.72. The lowest BCUT2D eigenvalue weighted by molar-refractivity contribution is -0.114. The number of anilines is 1. The molecular formula is C24H26Cl2N4O4. The van der Waals surface area contributed by atoms with Crippen molar-refractivity contribution in [1.29, 1.82) is 0 Å². The lowest BCUT2D eigenvalue weighted by Crippen LogP contribution is -2.54. The highest BCUT2D eigenvalue weighted by Crippen LogP contribution is 2.26. The third kappa shape index (κ3) is 5.36. The molecule has 0 spiro atoms. The van der Waals surface area contributed by atoms with Gasteiger partial charge in [0.2, 0.25) is 5.91 Å². The molecule has 2 fully saturated rings. The Balaban J connectivity index is 1.38. The average Bonchev–Trinajstić information content (AvgIpc) is 3.20. The van der Waals surface area contributed by atoms with Crippen LogP contribution in [0.25, 0.3) is 0 Å². The van der Waals surface area contributed by atoms with Crippen molar-refractivity contribution in [2.75, 3.05) is 44.6 Å². The number of likely N-dealkylation sites (tertiary alicyclic amines) is 1. The number of nitrogens with zero attached hydrogens (tertiary/aromatic N) is 3. The Hall–Kier alpha value is -2.65. The summed E-state index contributed by atoms with van der Waals surface area (Å²) >= 11 is 11.9. The molecule has 2 atom stereocenters. The van der Waals surface area contributed by atoms with Crippen molar-refractivity contribution in [2.45, 2.75) is 19.1 Å². The van der Waals surface area contributed by atoms with Gasteiger partial charge < -0.3 is 20.2 Å². The van der Waals surface area contributed by atoms with E-state index in [1.807, 2.05) is 0 Å². The van der Waals surface area contributed by atoms with Gasteiger partial charge in [0.15, 0.2) is 0 Å². The van der Waals surface area contributed by atoms with Crippen LogP contribution in [0, 0.1) is 0 Å². The highest BCUT2D eigenvalue weighted by molar-refractivity contribution is 6.31. The topological polar surface area (TPSA) is 93.2 Å². The molecule has 2 N–H and O–H groups in total. The largest absolute Gasteiger partial charge is 0.390 e. The smallest absolute Gasteiger partial charge is 0.256 e. The predicted octanol–water partition coefficient (Wildman–Crippen LogP) is 2.60. The predicted molar refractivity (Wildman–Crippen MR) is 130 cm³/mol. The Kier molecular flexibility index (Phi) is 7.42. The summed E-state index contributed by atoms with van der Waals surface area (Å²) in [6, 6.07) is 11.3. The molecule has 2 aliphatic heterocycles. The van der Waals surface area contributed by atoms with Gasteiger partial charge in [-0.3, -0.25) is 19.3 Å². The minimum absolute atomic E-state index is 0.0478. The first-order valence-electron chi connectivity index (χ1n) is 11.1. The summed E-state index contributed by atoms with van der Waals surface area (Å²) < 4.78 is 0. The molecular weight excluding hydrogens is 479 g/mol. The monoisotopic (exact) mass is 504 g/mol. The molecule has 1 unspecified atom stereocenters. The molecule has 4 rings (SSSR count). The molecule has 2 heterocycles. The summed E-state index contributed by atoms with van der Waals surface area (Å²) in [4.78, 5) is 43.0. The van der Waals surface area contributed by atoms with E-state index in [4.69, 9.17) is 23.2 Å². The van der Waals surface area contributed by atoms with E-state index in [9.17, 15) is 19.5 Å². The van der Waals surface area contributed by atoms with Gasteiger partial charge in [0.1, 0.15) is 0 Å². The van der Waals surface area contributed by atoms with Crippen LogP contribution in [0.1, 0.15) is 27.6 Å². The van der Waals surface area contributed by atoms with Gasteiger partial charge in [0.05, 0.1) is 23.4 Å². The van der Waals surface area contributed by atoms with E-state index in [2.05, 4.69) is 10.2 Å². The highest BCUT2D eigenvalue weighted by atomic mass is 35.5. The van der Waals surface area contributed by atoms with E-state index < -0.39 is 6.10 Å². The van der Waals surface area contributed by atoms with Gasteiger partial charge in [-0.05, 0) is 42.5 Å². The first-order valence-corrected chi connectivity index (χ1v) is 11.8. The molecule has 0 saturated carbocycles. The summed E-state index contributed by atoms with van der Waals surface area (Å²) in [5.41, 5.74) is 1.26. The molecule has 2 aromatic rings. The van der Waals surface area contributed by atoms with Crippen LogP contribution in [-0.4, -0.2) is 88.9 Å². The maximum absolute atomic E-state index is 13.2. The molecule has 2 aromatic carbocycles. The van der Waals surface area contributed by atoms with Crippen LogP contribution < -0.4 is 5.32 Å². The summed E-state index contributed by atoms with van der Waals surface area (Å²) in [6.07, 6.45) is -0.709. The Morgan fingerprint density at radius 3 is 2.18 bits per heavy atom. The van der Waals surface area contributed by atoms with Crippen LogP contribution in [0.4, 0.5) is 5.69 Å². The number of hydrogen-bond acceptors (Lipinski definition) is 5. The number of benzene rings is 2. The maximum Gasteiger partial charge on any atom is 0.256 e. The summed E-state index contributed by atoms with van der Waals surface area (Å²) in [6.45, 7) is 4.16. The van der Waals surface area contributed by atoms with Crippen LogP contribution in [0.15, 0.2) is 42.5 Å². The van der Waals surface area contributed by atoms with Gasteiger partial charge in [0.25, 0.3) is 11.8 Å². The van der Waals surface area contributed by atoms with E-state index in [-0.39, 0.29) is 30.3 Å². The van der Waals surface area contributed by atoms with Crippen LogP contribution >= 0.6 is 23.2 Å². The van der Waals surface area contributed by atoms with Crippen LogP contribution in [0.2, 0.25) is 10.0 Å². The second kappa shape index (κ2) is 10.3. The number of β-amino-alcohol motifs (C(OH)–C–C–N with tert-alkyl or cyclic N) is 1. The molecule has 2 saturated heterocycles. The number of hydrogen-bond donors (Lipinski definition) is 2. The van der Waals surface area contributed by atoms with Crippen molar-refractivity contribution in [1.82, 2.24) is 14.7 Å². The molecule has 2 aliphatic rings. The third-order valence-electron chi connectivity index (χ3n) is 6.23. The van der Waals surface area contributed by atoms with E-state index in [0.29, 0.717) is 59.6 Å². The number of halogens is 2. The van der Waals surface area contributed by atoms with Crippen LogP contribution in [0.3, 0.4) is 0 Å². The fraction of sp³-hybridized carbons (Fsp3) is 0.375. The van der Waals surface area contributed by atoms with E-state index in [0.717, 1.165) is 0 Å². The molecule has 180 valence electrons. The Labute approximate surface area is 208 Å². The average molecular weight is 505 g/mol. The standard InChI is InChI=1S/C24H26Cl2N4O4/c1-15(31)27-20-12-18(26)6-7-19(20)24(34)30-13-21(22(32)14-30)28-8-10-29(11-9-28)23(33)16-2-4-17(25)5-3-16/h2-7,12,21-22,32H,8-11,13-14H2,1H3,(H,27,31)/t21?,22-/m1/s1. The van der Waals surface area contributed by atoms with Gasteiger partial charge in [-0.2, -0.15) is 0 Å². The first kappa shape index (κ1) is 24.5. The SMILES string of the molecule is CC(=O)Nc1cc(Cl)ccc1C(=O)N1CC(N2CCN(C(=O)c3ccc(Cl)cc3)CC2)[C@H](O)C1. The zero-order valence-corrected chi connectivity index (χ0v) is 20.2. The molecule has 0 aliphatic carbocycles. The molecule has 0 bridgehead atoms. The Morgan fingerprint density at radius 1 is 0.882 bits per heavy atom. The van der Waals surface area contributed by atoms with Crippen LogP contribution in [-0.2, 0) is 4.79 Å².